The van der Waals surface area contributed by atoms with Crippen LogP contribution in [0.4, 0.5) is 0 Å². The van der Waals surface area contributed by atoms with E-state index in [-0.39, 0.29) is 0 Å². The topological polar surface area (TPSA) is 25.8 Å². The molecule has 0 aliphatic heterocycles. The van der Waals surface area contributed by atoms with Crippen molar-refractivity contribution in [3.05, 3.63) is 241 Å². The summed E-state index contributed by atoms with van der Waals surface area (Å²) >= 11 is 0. The van der Waals surface area contributed by atoms with Crippen LogP contribution in [0.5, 0.6) is 0 Å². The molecule has 0 saturated carbocycles. The average molecular weight is 773 g/mol. The number of aromatic nitrogens is 2. The van der Waals surface area contributed by atoms with E-state index in [9.17, 15) is 0 Å². The summed E-state index contributed by atoms with van der Waals surface area (Å²) in [6.07, 6.45) is 0. The zero-order valence-electron chi connectivity index (χ0n) is 33.2. The highest BCUT2D eigenvalue weighted by Crippen LogP contribution is 2.65. The Kier molecular flexibility index (Phi) is 7.26. The van der Waals surface area contributed by atoms with Crippen LogP contribution in [-0.2, 0) is 5.41 Å². The smallest absolute Gasteiger partial charge is 0.160 e. The predicted molar refractivity (Wildman–Crippen MR) is 253 cm³/mol. The van der Waals surface area contributed by atoms with Crippen molar-refractivity contribution in [1.29, 1.82) is 0 Å². The first-order valence-corrected chi connectivity index (χ1v) is 21.1. The minimum Gasteiger partial charge on any atom is -0.228 e. The minimum absolute atomic E-state index is 0.424. The van der Waals surface area contributed by atoms with Crippen LogP contribution in [0.3, 0.4) is 0 Å². The highest BCUT2D eigenvalue weighted by Gasteiger charge is 2.52. The Morgan fingerprint density at radius 1 is 0.295 bits per heavy atom. The second-order valence-corrected chi connectivity index (χ2v) is 16.4. The molecule has 2 nitrogen and oxygen atoms in total. The maximum atomic E-state index is 5.13. The van der Waals surface area contributed by atoms with Gasteiger partial charge in [0.25, 0.3) is 0 Å². The zero-order valence-corrected chi connectivity index (χ0v) is 33.2. The van der Waals surface area contributed by atoms with Gasteiger partial charge in [-0.3, -0.25) is 0 Å². The molecule has 0 amide bonds. The second kappa shape index (κ2) is 13.0. The van der Waals surface area contributed by atoms with Crippen molar-refractivity contribution in [3.8, 4) is 67.3 Å². The number of hydrogen-bond donors (Lipinski definition) is 0. The van der Waals surface area contributed by atoms with Gasteiger partial charge < -0.3 is 0 Å². The fraction of sp³-hybridized carbons (Fsp3) is 0.0169. The Morgan fingerprint density at radius 2 is 0.869 bits per heavy atom. The molecular weight excluding hydrogens is 737 g/mol. The van der Waals surface area contributed by atoms with Crippen LogP contribution in [0.25, 0.3) is 99.6 Å². The second-order valence-electron chi connectivity index (χ2n) is 16.4. The van der Waals surface area contributed by atoms with Gasteiger partial charge in [-0.1, -0.05) is 200 Å². The molecule has 2 aliphatic carbocycles. The van der Waals surface area contributed by atoms with Crippen LogP contribution in [0.15, 0.2) is 218 Å². The number of rotatable bonds is 4. The Labute approximate surface area is 354 Å². The molecule has 282 valence electrons. The molecule has 2 heteroatoms. The van der Waals surface area contributed by atoms with Gasteiger partial charge in [0.1, 0.15) is 0 Å². The van der Waals surface area contributed by atoms with E-state index < -0.39 is 5.41 Å². The lowest BCUT2D eigenvalue weighted by atomic mass is 9.69. The molecule has 0 unspecified atom stereocenters. The summed E-state index contributed by atoms with van der Waals surface area (Å²) in [7, 11) is 0. The summed E-state index contributed by atoms with van der Waals surface area (Å²) in [6, 6.07) is 79.8. The molecule has 0 radical (unpaired) electrons. The van der Waals surface area contributed by atoms with Gasteiger partial charge in [-0.25, -0.2) is 9.97 Å². The van der Waals surface area contributed by atoms with E-state index in [1.54, 1.807) is 0 Å². The molecule has 2 aliphatic rings. The summed E-state index contributed by atoms with van der Waals surface area (Å²) < 4.78 is 0. The van der Waals surface area contributed by atoms with Crippen LogP contribution in [0.2, 0.25) is 0 Å². The Balaban J connectivity index is 0.947. The molecule has 0 atom stereocenters. The van der Waals surface area contributed by atoms with E-state index in [4.69, 9.17) is 9.97 Å². The predicted octanol–water partition coefficient (Wildman–Crippen LogP) is 14.9. The Bertz CT molecular complexity index is 3540. The molecule has 1 aromatic heterocycles. The molecular formula is C59H36N2. The van der Waals surface area contributed by atoms with Crippen molar-refractivity contribution in [2.75, 3.05) is 0 Å². The van der Waals surface area contributed by atoms with Crippen molar-refractivity contribution >= 4 is 32.3 Å². The van der Waals surface area contributed by atoms with Crippen molar-refractivity contribution in [1.82, 2.24) is 9.97 Å². The Hall–Kier alpha value is -7.94. The molecule has 0 N–H and O–H groups in total. The summed E-state index contributed by atoms with van der Waals surface area (Å²) in [5.74, 6) is 0.716. The number of nitrogens with zero attached hydrogens (tertiary/aromatic N) is 2. The SMILES string of the molecule is c1ccc(-c2nc(-c3ccc(-c4ccc5c6c(ccc5c4)-c4c(ccc5ccccc45)C64c5ccccc5-c5ccccc54)cc3)cc(-c3ccc4ccccc4c3)n2)cc1. The van der Waals surface area contributed by atoms with Crippen LogP contribution in [-0.4, -0.2) is 9.97 Å². The number of fused-ring (bicyclic) bond motifs is 15. The molecule has 1 heterocycles. The first kappa shape index (κ1) is 34.0. The van der Waals surface area contributed by atoms with Gasteiger partial charge >= 0.3 is 0 Å². The zero-order chi connectivity index (χ0) is 40.1. The maximum absolute atomic E-state index is 5.13. The van der Waals surface area contributed by atoms with E-state index in [2.05, 4.69) is 200 Å². The lowest BCUT2D eigenvalue weighted by Gasteiger charge is -2.31. The fourth-order valence-electron chi connectivity index (χ4n) is 10.6. The maximum Gasteiger partial charge on any atom is 0.160 e. The van der Waals surface area contributed by atoms with E-state index in [0.29, 0.717) is 5.82 Å². The van der Waals surface area contributed by atoms with E-state index in [1.807, 2.05) is 18.2 Å². The van der Waals surface area contributed by atoms with Gasteiger partial charge in [-0.2, -0.15) is 0 Å². The standard InChI is InChI=1S/C59H36N2/c1-2-14-41(15-3-1)58-60-54(36-55(61-58)45-27-24-37-12-4-5-16-42(37)35-45)40-25-22-38(23-26-40)43-28-31-47-44(34-43)29-32-50-56-46-17-7-6-13-39(46)30-33-53(56)59(57(47)50)51-20-10-8-18-48(51)49-19-9-11-21-52(49)59/h1-36H. The highest BCUT2D eigenvalue weighted by molar-refractivity contribution is 6.11. The molecule has 13 rings (SSSR count). The number of hydrogen-bond acceptors (Lipinski definition) is 2. The summed E-state index contributed by atoms with van der Waals surface area (Å²) in [5, 5.41) is 7.51. The molecule has 0 bridgehead atoms. The van der Waals surface area contributed by atoms with Crippen LogP contribution >= 0.6 is 0 Å². The quantitative estimate of drug-likeness (QED) is 0.178. The molecule has 0 saturated heterocycles. The molecule has 11 aromatic rings. The summed E-state index contributed by atoms with van der Waals surface area (Å²) in [4.78, 5) is 10.2. The average Bonchev–Trinajstić information content (AvgIpc) is 3.81. The molecule has 10 aromatic carbocycles. The molecule has 61 heavy (non-hydrogen) atoms. The summed E-state index contributed by atoms with van der Waals surface area (Å²) in [5.41, 5.74) is 17.6. The summed E-state index contributed by atoms with van der Waals surface area (Å²) in [6.45, 7) is 0. The van der Waals surface area contributed by atoms with Crippen LogP contribution < -0.4 is 0 Å². The fourth-order valence-corrected chi connectivity index (χ4v) is 10.6. The van der Waals surface area contributed by atoms with Gasteiger partial charge in [-0.05, 0) is 106 Å². The van der Waals surface area contributed by atoms with E-state index in [1.165, 1.54) is 88.0 Å². The van der Waals surface area contributed by atoms with Crippen LogP contribution in [0.1, 0.15) is 22.3 Å². The monoisotopic (exact) mass is 772 g/mol. The van der Waals surface area contributed by atoms with Crippen LogP contribution in [0, 0.1) is 0 Å². The van der Waals surface area contributed by atoms with Crippen molar-refractivity contribution in [2.45, 2.75) is 5.41 Å². The van der Waals surface area contributed by atoms with Crippen molar-refractivity contribution in [3.63, 3.8) is 0 Å². The van der Waals surface area contributed by atoms with E-state index >= 15 is 0 Å². The van der Waals surface area contributed by atoms with Crippen molar-refractivity contribution in [2.24, 2.45) is 0 Å². The third kappa shape index (κ3) is 4.97. The normalized spacial score (nSPS) is 13.0. The van der Waals surface area contributed by atoms with Gasteiger partial charge in [0, 0.05) is 16.7 Å². The third-order valence-electron chi connectivity index (χ3n) is 13.3. The lowest BCUT2D eigenvalue weighted by Crippen LogP contribution is -2.26. The van der Waals surface area contributed by atoms with Gasteiger partial charge in [0.05, 0.1) is 16.8 Å². The Morgan fingerprint density at radius 3 is 1.66 bits per heavy atom. The van der Waals surface area contributed by atoms with Gasteiger partial charge in [-0.15, -0.1) is 0 Å². The third-order valence-corrected chi connectivity index (χ3v) is 13.3. The lowest BCUT2D eigenvalue weighted by molar-refractivity contribution is 0.802. The molecule has 0 fully saturated rings. The number of benzene rings is 10. The molecule has 1 spiro atoms. The largest absolute Gasteiger partial charge is 0.228 e. The minimum atomic E-state index is -0.424. The first-order chi connectivity index (χ1) is 30.2. The first-order valence-electron chi connectivity index (χ1n) is 21.1. The van der Waals surface area contributed by atoms with Crippen molar-refractivity contribution < 1.29 is 0 Å². The van der Waals surface area contributed by atoms with Gasteiger partial charge in [0.2, 0.25) is 0 Å². The van der Waals surface area contributed by atoms with Gasteiger partial charge in [0.15, 0.2) is 5.82 Å². The highest BCUT2D eigenvalue weighted by atomic mass is 14.9. The van der Waals surface area contributed by atoms with E-state index in [0.717, 1.165) is 28.1 Å².